The number of amides is 1. The number of likely N-dealkylation sites (tertiary alicyclic amines) is 1. The Morgan fingerprint density at radius 1 is 1.39 bits per heavy atom. The van der Waals surface area contributed by atoms with Gasteiger partial charge in [-0.2, -0.15) is 0 Å². The van der Waals surface area contributed by atoms with Crippen molar-refractivity contribution in [2.75, 3.05) is 32.1 Å². The number of carbonyl (C=O) groups excluding carboxylic acids is 1. The Kier molecular flexibility index (Phi) is 7.06. The Labute approximate surface area is 181 Å². The van der Waals surface area contributed by atoms with Crippen molar-refractivity contribution in [3.05, 3.63) is 39.8 Å². The van der Waals surface area contributed by atoms with E-state index in [1.165, 1.54) is 0 Å². The molecule has 1 aromatic heterocycles. The molecule has 0 atom stereocenters. The summed E-state index contributed by atoms with van der Waals surface area (Å²) in [6, 6.07) is 5.77. The maximum absolute atomic E-state index is 12.7. The van der Waals surface area contributed by atoms with E-state index in [2.05, 4.69) is 20.2 Å². The van der Waals surface area contributed by atoms with Gasteiger partial charge in [-0.25, -0.2) is 4.98 Å². The monoisotopic (exact) mass is 426 g/mol. The first kappa shape index (κ1) is 22.5. The molecule has 5 N–H and O–H groups in total. The summed E-state index contributed by atoms with van der Waals surface area (Å²) in [5.74, 6) is 0.612. The summed E-state index contributed by atoms with van der Waals surface area (Å²) in [5.41, 5.74) is 7.65. The van der Waals surface area contributed by atoms with Gasteiger partial charge in [-0.15, -0.1) is 0 Å². The van der Waals surface area contributed by atoms with Crippen LogP contribution >= 0.6 is 0 Å². The van der Waals surface area contributed by atoms with Crippen LogP contribution in [-0.4, -0.2) is 53.2 Å². The van der Waals surface area contributed by atoms with Crippen LogP contribution in [0.4, 0.5) is 5.69 Å². The second-order valence-corrected chi connectivity index (χ2v) is 7.67. The molecule has 1 aromatic carbocycles. The van der Waals surface area contributed by atoms with E-state index in [9.17, 15) is 9.59 Å². The van der Waals surface area contributed by atoms with Crippen LogP contribution in [0.2, 0.25) is 0 Å². The van der Waals surface area contributed by atoms with Crippen LogP contribution in [0, 0.1) is 11.3 Å². The molecule has 1 fully saturated rings. The molecule has 0 saturated carbocycles. The lowest BCUT2D eigenvalue weighted by Crippen LogP contribution is -2.51. The molecule has 3 rings (SSSR count). The SMILES string of the molecule is CCCC(=N)c1nc(-c2cc(CN3CC(C(N)=O)C3)ccc2OCC)[nH]c(=O)c1NC. The van der Waals surface area contributed by atoms with E-state index in [-0.39, 0.29) is 23.1 Å². The van der Waals surface area contributed by atoms with Crippen LogP contribution in [-0.2, 0) is 11.3 Å². The van der Waals surface area contributed by atoms with Crippen molar-refractivity contribution in [3.8, 4) is 17.1 Å². The van der Waals surface area contributed by atoms with Crippen molar-refractivity contribution < 1.29 is 9.53 Å². The molecule has 1 aliphatic heterocycles. The number of nitrogens with zero attached hydrogens (tertiary/aromatic N) is 2. The Bertz CT molecular complexity index is 1030. The number of aromatic nitrogens is 2. The van der Waals surface area contributed by atoms with Crippen molar-refractivity contribution in [1.82, 2.24) is 14.9 Å². The largest absolute Gasteiger partial charge is 0.493 e. The summed E-state index contributed by atoms with van der Waals surface area (Å²) in [7, 11) is 1.65. The van der Waals surface area contributed by atoms with Gasteiger partial charge >= 0.3 is 0 Å². The maximum Gasteiger partial charge on any atom is 0.275 e. The van der Waals surface area contributed by atoms with E-state index in [1.54, 1.807) is 7.05 Å². The summed E-state index contributed by atoms with van der Waals surface area (Å²) in [5, 5.41) is 11.2. The van der Waals surface area contributed by atoms with Crippen molar-refractivity contribution in [2.24, 2.45) is 11.7 Å². The molecular formula is C22H30N6O3. The predicted octanol–water partition coefficient (Wildman–Crippen LogP) is 1.96. The first-order chi connectivity index (χ1) is 14.9. The number of carbonyl (C=O) groups is 1. The summed E-state index contributed by atoms with van der Waals surface area (Å²) >= 11 is 0. The van der Waals surface area contributed by atoms with Gasteiger partial charge in [0, 0.05) is 26.7 Å². The number of hydrogen-bond acceptors (Lipinski definition) is 7. The lowest BCUT2D eigenvalue weighted by atomic mass is 9.98. The number of nitrogens with one attached hydrogen (secondary N) is 3. The third-order valence-corrected chi connectivity index (χ3v) is 5.32. The minimum absolute atomic E-state index is 0.0959. The molecular weight excluding hydrogens is 396 g/mol. The fourth-order valence-electron chi connectivity index (χ4n) is 3.70. The molecule has 2 heterocycles. The second kappa shape index (κ2) is 9.74. The number of aromatic amines is 1. The van der Waals surface area contributed by atoms with Crippen molar-refractivity contribution in [3.63, 3.8) is 0 Å². The van der Waals surface area contributed by atoms with Gasteiger partial charge in [0.15, 0.2) is 0 Å². The zero-order valence-corrected chi connectivity index (χ0v) is 18.2. The zero-order chi connectivity index (χ0) is 22.5. The van der Waals surface area contributed by atoms with Crippen LogP contribution in [0.5, 0.6) is 5.75 Å². The van der Waals surface area contributed by atoms with Gasteiger partial charge in [0.05, 0.1) is 23.8 Å². The molecule has 1 saturated heterocycles. The molecule has 31 heavy (non-hydrogen) atoms. The fraction of sp³-hybridized carbons (Fsp3) is 0.455. The van der Waals surface area contributed by atoms with E-state index in [0.717, 1.165) is 12.0 Å². The maximum atomic E-state index is 12.7. The molecule has 1 aliphatic rings. The number of rotatable bonds is 10. The Hall–Kier alpha value is -3.20. The van der Waals surface area contributed by atoms with E-state index in [1.807, 2.05) is 32.0 Å². The van der Waals surface area contributed by atoms with Crippen molar-refractivity contribution in [1.29, 1.82) is 5.41 Å². The minimum Gasteiger partial charge on any atom is -0.493 e. The molecule has 0 bridgehead atoms. The topological polar surface area (TPSA) is 137 Å². The molecule has 166 valence electrons. The highest BCUT2D eigenvalue weighted by Crippen LogP contribution is 2.30. The first-order valence-electron chi connectivity index (χ1n) is 10.6. The standard InChI is InChI=1S/C22H30N6O3/c1-4-6-16(23)18-19(25-3)22(30)27-21(26-18)15-9-13(7-8-17(15)31-5-2)10-28-11-14(12-28)20(24)29/h7-9,14,23,25H,4-6,10-12H2,1-3H3,(H2,24,29)(H,26,27,30). The van der Waals surface area contributed by atoms with Crippen molar-refractivity contribution >= 4 is 17.3 Å². The second-order valence-electron chi connectivity index (χ2n) is 7.67. The molecule has 0 radical (unpaired) electrons. The zero-order valence-electron chi connectivity index (χ0n) is 18.2. The number of benzene rings is 1. The Balaban J connectivity index is 1.99. The van der Waals surface area contributed by atoms with E-state index >= 15 is 0 Å². The van der Waals surface area contributed by atoms with Crippen LogP contribution in [0.15, 0.2) is 23.0 Å². The average Bonchev–Trinajstić information content (AvgIpc) is 2.70. The number of ether oxygens (including phenoxy) is 1. The number of anilines is 1. The van der Waals surface area contributed by atoms with Crippen LogP contribution < -0.4 is 21.3 Å². The number of nitrogens with two attached hydrogens (primary N) is 1. The molecule has 2 aromatic rings. The lowest BCUT2D eigenvalue weighted by Gasteiger charge is -2.37. The van der Waals surface area contributed by atoms with E-state index in [0.29, 0.717) is 61.2 Å². The Morgan fingerprint density at radius 3 is 2.74 bits per heavy atom. The van der Waals surface area contributed by atoms with Gasteiger partial charge in [-0.1, -0.05) is 19.4 Å². The molecule has 9 nitrogen and oxygen atoms in total. The molecule has 0 spiro atoms. The number of primary amides is 1. The third kappa shape index (κ3) is 4.93. The van der Waals surface area contributed by atoms with Crippen LogP contribution in [0.1, 0.15) is 37.9 Å². The highest BCUT2D eigenvalue weighted by molar-refractivity contribution is 6.01. The number of hydrogen-bond donors (Lipinski definition) is 4. The summed E-state index contributed by atoms with van der Waals surface area (Å²) in [6.45, 7) is 6.28. The third-order valence-electron chi connectivity index (χ3n) is 5.32. The molecule has 0 unspecified atom stereocenters. The van der Waals surface area contributed by atoms with Gasteiger partial charge in [-0.3, -0.25) is 14.5 Å². The Morgan fingerprint density at radius 2 is 2.13 bits per heavy atom. The fourth-order valence-corrected chi connectivity index (χ4v) is 3.70. The van der Waals surface area contributed by atoms with Gasteiger partial charge in [0.2, 0.25) is 5.91 Å². The smallest absolute Gasteiger partial charge is 0.275 e. The van der Waals surface area contributed by atoms with E-state index < -0.39 is 0 Å². The van der Waals surface area contributed by atoms with Crippen LogP contribution in [0.25, 0.3) is 11.4 Å². The van der Waals surface area contributed by atoms with Gasteiger partial charge < -0.3 is 26.2 Å². The first-order valence-corrected chi connectivity index (χ1v) is 10.6. The van der Waals surface area contributed by atoms with Gasteiger partial charge in [0.25, 0.3) is 5.56 Å². The summed E-state index contributed by atoms with van der Waals surface area (Å²) in [4.78, 5) is 33.6. The minimum atomic E-state index is -0.330. The lowest BCUT2D eigenvalue weighted by molar-refractivity contribution is -0.127. The summed E-state index contributed by atoms with van der Waals surface area (Å²) < 4.78 is 5.78. The van der Waals surface area contributed by atoms with Gasteiger partial charge in [0.1, 0.15) is 23.0 Å². The van der Waals surface area contributed by atoms with Crippen LogP contribution in [0.3, 0.4) is 0 Å². The quantitative estimate of drug-likeness (QED) is 0.429. The molecule has 1 amide bonds. The average molecular weight is 427 g/mol. The number of H-pyrrole nitrogens is 1. The highest BCUT2D eigenvalue weighted by atomic mass is 16.5. The molecule has 9 heteroatoms. The van der Waals surface area contributed by atoms with Crippen molar-refractivity contribution in [2.45, 2.75) is 33.2 Å². The summed E-state index contributed by atoms with van der Waals surface area (Å²) in [6.07, 6.45) is 1.31. The normalized spacial score (nSPS) is 14.2. The van der Waals surface area contributed by atoms with E-state index in [4.69, 9.17) is 15.9 Å². The van der Waals surface area contributed by atoms with Gasteiger partial charge in [-0.05, 0) is 31.0 Å². The predicted molar refractivity (Wildman–Crippen MR) is 121 cm³/mol. The highest BCUT2D eigenvalue weighted by Gasteiger charge is 2.31. The molecule has 0 aliphatic carbocycles.